The highest BCUT2D eigenvalue weighted by atomic mass is 28.3. The normalized spacial score (nSPS) is 25.3. The molecule has 4 atom stereocenters. The fourth-order valence-electron chi connectivity index (χ4n) is 13.6. The van der Waals surface area contributed by atoms with Gasteiger partial charge in [0.15, 0.2) is 0 Å². The summed E-state index contributed by atoms with van der Waals surface area (Å²) >= 11 is 0. The van der Waals surface area contributed by atoms with Crippen molar-refractivity contribution >= 4 is 70.8 Å². The van der Waals surface area contributed by atoms with Crippen molar-refractivity contribution in [3.05, 3.63) is 145 Å². The van der Waals surface area contributed by atoms with Gasteiger partial charge in [0, 0.05) is 33.6 Å². The molecule has 0 N–H and O–H groups in total. The second kappa shape index (κ2) is 14.3. The van der Waals surface area contributed by atoms with Crippen LogP contribution >= 0.6 is 0 Å². The Bertz CT molecular complexity index is 2790. The van der Waals surface area contributed by atoms with Gasteiger partial charge in [-0.3, -0.25) is 0 Å². The third-order valence-corrected chi connectivity index (χ3v) is 21.8. The Morgan fingerprint density at radius 3 is 1.12 bits per heavy atom. The van der Waals surface area contributed by atoms with Crippen LogP contribution in [0.3, 0.4) is 0 Å². The lowest BCUT2D eigenvalue weighted by atomic mass is 9.61. The molecule has 7 aromatic carbocycles. The van der Waals surface area contributed by atoms with Gasteiger partial charge < -0.3 is 9.80 Å². The van der Waals surface area contributed by atoms with Crippen molar-refractivity contribution in [2.24, 2.45) is 0 Å². The van der Waals surface area contributed by atoms with Gasteiger partial charge in [0.2, 0.25) is 0 Å². The molecule has 0 saturated heterocycles. The number of nitrogens with zero attached hydrogens (tertiary/aromatic N) is 2. The minimum atomic E-state index is -1.52. The van der Waals surface area contributed by atoms with Gasteiger partial charge in [0.05, 0.1) is 27.2 Å². The maximum absolute atomic E-state index is 2.77. The molecule has 11 rings (SSSR count). The van der Waals surface area contributed by atoms with E-state index in [0.717, 1.165) is 0 Å². The van der Waals surface area contributed by atoms with Crippen LogP contribution in [0, 0.1) is 0 Å². The number of benzene rings is 7. The van der Waals surface area contributed by atoms with Crippen molar-refractivity contribution in [2.75, 3.05) is 9.80 Å². The van der Waals surface area contributed by atoms with Crippen molar-refractivity contribution in [1.29, 1.82) is 0 Å². The van der Waals surface area contributed by atoms with Gasteiger partial charge in [-0.25, -0.2) is 0 Å². The minimum Gasteiger partial charge on any atom is -0.334 e. The van der Waals surface area contributed by atoms with E-state index in [2.05, 4.69) is 210 Å². The number of hydrogen-bond donors (Lipinski definition) is 0. The smallest absolute Gasteiger partial charge is 0.0775 e. The molecule has 2 heterocycles. The van der Waals surface area contributed by atoms with Gasteiger partial charge >= 0.3 is 0 Å². The summed E-state index contributed by atoms with van der Waals surface area (Å²) in [6.45, 7) is 25.0. The molecule has 2 fully saturated rings. The van der Waals surface area contributed by atoms with Crippen molar-refractivity contribution in [3.8, 4) is 22.3 Å². The molecule has 4 heteroatoms. The van der Waals surface area contributed by atoms with Gasteiger partial charge in [-0.2, -0.15) is 0 Å². The lowest BCUT2D eigenvalue weighted by Crippen LogP contribution is -2.54. The molecule has 2 saturated carbocycles. The van der Waals surface area contributed by atoms with E-state index in [-0.39, 0.29) is 21.9 Å². The van der Waals surface area contributed by atoms with Crippen LogP contribution in [0.4, 0.5) is 22.7 Å². The fraction of sp³-hybridized carbons (Fsp3) is 0.367. The zero-order chi connectivity index (χ0) is 44.6. The van der Waals surface area contributed by atoms with Crippen molar-refractivity contribution in [3.63, 3.8) is 0 Å². The third-order valence-electron chi connectivity index (χ3n) is 17.7. The third kappa shape index (κ3) is 5.86. The van der Waals surface area contributed by atoms with E-state index in [0.29, 0.717) is 0 Å². The average molecular weight is 873 g/mol. The zero-order valence-electron chi connectivity index (χ0n) is 40.3. The maximum atomic E-state index is 2.77. The monoisotopic (exact) mass is 872 g/mol. The van der Waals surface area contributed by atoms with Gasteiger partial charge in [0.1, 0.15) is 0 Å². The summed E-state index contributed by atoms with van der Waals surface area (Å²) in [6.07, 6.45) is 9.94. The topological polar surface area (TPSA) is 6.48 Å². The predicted octanol–water partition coefficient (Wildman–Crippen LogP) is 15.9. The van der Waals surface area contributed by atoms with E-state index in [1.807, 2.05) is 0 Å². The second-order valence-electron chi connectivity index (χ2n) is 23.2. The highest BCUT2D eigenvalue weighted by Gasteiger charge is 2.59. The molecule has 2 aliphatic carbocycles. The van der Waals surface area contributed by atoms with Crippen LogP contribution < -0.4 is 20.2 Å². The highest BCUT2D eigenvalue weighted by molar-refractivity contribution is 6.89. The number of hydrogen-bond acceptors (Lipinski definition) is 2. The molecule has 64 heavy (non-hydrogen) atoms. The van der Waals surface area contributed by atoms with Gasteiger partial charge in [-0.1, -0.05) is 186 Å². The SMILES string of the molecule is CC12CCCCC1(C)N(c1ccc3c(-c4ccc([Si](C)(C)C)cc4)c4cc(N5c6ccccc6C6(C)CCCCC56C)ccc4c(-c4ccc([Si](C)(C)C)cc4)c3c1)c1ccccc12. The molecule has 2 nitrogen and oxygen atoms in total. The summed E-state index contributed by atoms with van der Waals surface area (Å²) in [5, 5.41) is 8.34. The van der Waals surface area contributed by atoms with Crippen molar-refractivity contribution in [1.82, 2.24) is 0 Å². The molecular formula is C60H68N2Si2. The molecule has 0 aromatic heterocycles. The molecule has 4 aliphatic rings. The minimum absolute atomic E-state index is 0.0151. The summed E-state index contributed by atoms with van der Waals surface area (Å²) in [5.41, 5.74) is 13.9. The molecule has 0 amide bonds. The Hall–Kier alpha value is -4.91. The Kier molecular flexibility index (Phi) is 9.33. The number of fused-ring (bicyclic) bond motifs is 8. The first-order valence-corrected chi connectivity index (χ1v) is 31.5. The molecular weight excluding hydrogens is 805 g/mol. The van der Waals surface area contributed by atoms with Crippen molar-refractivity contribution in [2.45, 2.75) is 140 Å². The maximum Gasteiger partial charge on any atom is 0.0775 e. The van der Waals surface area contributed by atoms with E-state index in [9.17, 15) is 0 Å². The summed E-state index contributed by atoms with van der Waals surface area (Å²) in [7, 11) is -3.03. The van der Waals surface area contributed by atoms with Crippen LogP contribution in [0.5, 0.6) is 0 Å². The molecule has 7 aromatic rings. The van der Waals surface area contributed by atoms with Crippen LogP contribution in [0.1, 0.15) is 90.2 Å². The van der Waals surface area contributed by atoms with Gasteiger partial charge in [0.25, 0.3) is 0 Å². The second-order valence-corrected chi connectivity index (χ2v) is 33.4. The van der Waals surface area contributed by atoms with Crippen LogP contribution in [0.15, 0.2) is 133 Å². The lowest BCUT2D eigenvalue weighted by Gasteiger charge is -2.50. The standard InChI is InChI=1S/C60H68N2Si2/c1-57-35-15-17-37-59(57,3)61(53-21-13-11-19-51(53)57)43-27-33-47-49(39-43)55(41-23-29-45(30-24-41)63(5,6)7)48-34-28-44(40-50(48)56(47)42-25-31-46(32-26-42)64(8,9)10)62-54-22-14-12-20-52(54)58(2)36-16-18-38-60(58,62)4/h11-14,19-34,39-40H,15-18,35-38H2,1-10H3. The summed E-state index contributed by atoms with van der Waals surface area (Å²) < 4.78 is 0. The van der Waals surface area contributed by atoms with Crippen LogP contribution in [0.25, 0.3) is 43.8 Å². The Balaban J connectivity index is 1.22. The zero-order valence-corrected chi connectivity index (χ0v) is 42.3. The summed E-state index contributed by atoms with van der Waals surface area (Å²) in [6, 6.07) is 53.4. The van der Waals surface area contributed by atoms with Crippen LogP contribution in [-0.4, -0.2) is 27.2 Å². The van der Waals surface area contributed by atoms with E-state index in [1.165, 1.54) is 139 Å². The quantitative estimate of drug-likeness (QED) is 0.121. The number of anilines is 4. The van der Waals surface area contributed by atoms with E-state index in [4.69, 9.17) is 0 Å². The Morgan fingerprint density at radius 1 is 0.391 bits per heavy atom. The largest absolute Gasteiger partial charge is 0.334 e. The number of para-hydroxylation sites is 2. The van der Waals surface area contributed by atoms with Crippen LogP contribution in [-0.2, 0) is 10.8 Å². The van der Waals surface area contributed by atoms with Gasteiger partial charge in [-0.15, -0.1) is 0 Å². The van der Waals surface area contributed by atoms with E-state index >= 15 is 0 Å². The predicted molar refractivity (Wildman–Crippen MR) is 284 cm³/mol. The summed E-state index contributed by atoms with van der Waals surface area (Å²) in [5.74, 6) is 0. The average Bonchev–Trinajstić information content (AvgIpc) is 3.62. The molecule has 0 radical (unpaired) electrons. The number of rotatable bonds is 6. The first kappa shape index (κ1) is 41.8. The first-order chi connectivity index (χ1) is 30.5. The van der Waals surface area contributed by atoms with Crippen molar-refractivity contribution < 1.29 is 0 Å². The molecule has 2 aliphatic heterocycles. The fourth-order valence-corrected chi connectivity index (χ4v) is 15.9. The Labute approximate surface area is 385 Å². The lowest BCUT2D eigenvalue weighted by molar-refractivity contribution is 0.195. The summed E-state index contributed by atoms with van der Waals surface area (Å²) in [4.78, 5) is 5.53. The van der Waals surface area contributed by atoms with E-state index < -0.39 is 16.1 Å². The molecule has 326 valence electrons. The van der Waals surface area contributed by atoms with E-state index in [1.54, 1.807) is 0 Å². The van der Waals surface area contributed by atoms with Crippen LogP contribution in [0.2, 0.25) is 39.3 Å². The molecule has 0 spiro atoms. The molecule has 0 bridgehead atoms. The first-order valence-electron chi connectivity index (χ1n) is 24.5. The van der Waals surface area contributed by atoms with Gasteiger partial charge in [-0.05, 0) is 131 Å². The Morgan fingerprint density at radius 2 is 0.750 bits per heavy atom. The molecule has 4 unspecified atom stereocenters. The highest BCUT2D eigenvalue weighted by Crippen LogP contribution is 2.63.